The topological polar surface area (TPSA) is 59.3 Å². The van der Waals surface area contributed by atoms with E-state index >= 15 is 0 Å². The number of benzene rings is 1. The Hall–Kier alpha value is -1.57. The third-order valence-corrected chi connectivity index (χ3v) is 2.91. The van der Waals surface area contributed by atoms with E-state index in [9.17, 15) is 5.11 Å². The Morgan fingerprint density at radius 3 is 2.50 bits per heavy atom. The second-order valence-corrected chi connectivity index (χ2v) is 5.97. The van der Waals surface area contributed by atoms with Gasteiger partial charge in [-0.25, -0.2) is 0 Å². The van der Waals surface area contributed by atoms with Crippen LogP contribution >= 0.6 is 0 Å². The lowest BCUT2D eigenvalue weighted by atomic mass is 10.1. The highest BCUT2D eigenvalue weighted by Gasteiger charge is 2.15. The average molecular weight is 275 g/mol. The Morgan fingerprint density at radius 1 is 1.30 bits per heavy atom. The van der Waals surface area contributed by atoms with Gasteiger partial charge in [-0.15, -0.1) is 0 Å². The summed E-state index contributed by atoms with van der Waals surface area (Å²) in [7, 11) is 0. The molecule has 0 heterocycles. The Morgan fingerprint density at radius 2 is 1.95 bits per heavy atom. The number of anilines is 1. The van der Waals surface area contributed by atoms with Gasteiger partial charge in [-0.2, -0.15) is 5.26 Å². The fourth-order valence-corrected chi connectivity index (χ4v) is 1.89. The minimum absolute atomic E-state index is 0.00872. The van der Waals surface area contributed by atoms with E-state index in [-0.39, 0.29) is 5.54 Å². The normalized spacial score (nSPS) is 12.8. The predicted octanol–water partition coefficient (Wildman–Crippen LogP) is 2.16. The van der Waals surface area contributed by atoms with Crippen molar-refractivity contribution in [1.82, 2.24) is 5.32 Å². The van der Waals surface area contributed by atoms with Crippen molar-refractivity contribution in [1.29, 1.82) is 5.26 Å². The first kappa shape index (κ1) is 16.5. The van der Waals surface area contributed by atoms with Crippen LogP contribution in [0, 0.1) is 11.3 Å². The summed E-state index contributed by atoms with van der Waals surface area (Å²) in [6.45, 7) is 7.92. The maximum Gasteiger partial charge on any atom is 0.0839 e. The predicted molar refractivity (Wildman–Crippen MR) is 82.6 cm³/mol. The van der Waals surface area contributed by atoms with Crippen molar-refractivity contribution in [3.63, 3.8) is 0 Å². The summed E-state index contributed by atoms with van der Waals surface area (Å²) in [5.74, 6) is 0. The summed E-state index contributed by atoms with van der Waals surface area (Å²) in [5, 5.41) is 22.2. The third-order valence-electron chi connectivity index (χ3n) is 2.91. The maximum absolute atomic E-state index is 10.2. The molecule has 20 heavy (non-hydrogen) atoms. The maximum atomic E-state index is 10.2. The van der Waals surface area contributed by atoms with Gasteiger partial charge in [0.25, 0.3) is 0 Å². The second kappa shape index (κ2) is 7.88. The molecule has 1 rings (SSSR count). The van der Waals surface area contributed by atoms with Crippen LogP contribution in [-0.4, -0.2) is 36.4 Å². The first-order valence-corrected chi connectivity index (χ1v) is 7.02. The number of nitrogens with zero attached hydrogens (tertiary/aromatic N) is 2. The molecule has 0 aliphatic heterocycles. The SMILES string of the molecule is CC(C)(C)NCC(O)CN(CCC#N)c1ccccc1. The second-order valence-electron chi connectivity index (χ2n) is 5.97. The largest absolute Gasteiger partial charge is 0.390 e. The molecule has 0 saturated heterocycles. The molecule has 4 nitrogen and oxygen atoms in total. The van der Waals surface area contributed by atoms with Crippen LogP contribution in [0.5, 0.6) is 0 Å². The van der Waals surface area contributed by atoms with Gasteiger partial charge in [-0.1, -0.05) is 18.2 Å². The number of β-amino-alcohol motifs (C(OH)–C–C–N with tert-alkyl or cyclic N) is 1. The molecule has 4 heteroatoms. The number of para-hydroxylation sites is 1. The minimum Gasteiger partial charge on any atom is -0.390 e. The fourth-order valence-electron chi connectivity index (χ4n) is 1.89. The summed E-state index contributed by atoms with van der Waals surface area (Å²) < 4.78 is 0. The van der Waals surface area contributed by atoms with Crippen molar-refractivity contribution < 1.29 is 5.11 Å². The van der Waals surface area contributed by atoms with E-state index in [1.165, 1.54) is 0 Å². The Kier molecular flexibility index (Phi) is 6.50. The summed E-state index contributed by atoms with van der Waals surface area (Å²) in [4.78, 5) is 2.05. The molecule has 0 bridgehead atoms. The van der Waals surface area contributed by atoms with Gasteiger partial charge in [0.05, 0.1) is 18.6 Å². The summed E-state index contributed by atoms with van der Waals surface area (Å²) in [6.07, 6.45) is -0.0120. The van der Waals surface area contributed by atoms with Crippen molar-refractivity contribution in [2.75, 3.05) is 24.5 Å². The van der Waals surface area contributed by atoms with Crippen LogP contribution in [0.25, 0.3) is 0 Å². The van der Waals surface area contributed by atoms with Crippen LogP contribution < -0.4 is 10.2 Å². The third kappa shape index (κ3) is 6.55. The van der Waals surface area contributed by atoms with Gasteiger partial charge in [0.15, 0.2) is 0 Å². The van der Waals surface area contributed by atoms with Crippen LogP contribution in [-0.2, 0) is 0 Å². The number of nitrogens with one attached hydrogen (secondary N) is 1. The van der Waals surface area contributed by atoms with Crippen LogP contribution in [0.1, 0.15) is 27.2 Å². The lowest BCUT2D eigenvalue weighted by Gasteiger charge is -2.29. The molecule has 110 valence electrons. The van der Waals surface area contributed by atoms with E-state index < -0.39 is 6.10 Å². The molecule has 0 saturated carbocycles. The molecule has 0 aromatic heterocycles. The number of nitriles is 1. The van der Waals surface area contributed by atoms with E-state index in [4.69, 9.17) is 5.26 Å². The molecular weight excluding hydrogens is 250 g/mol. The molecule has 0 aliphatic rings. The van der Waals surface area contributed by atoms with E-state index in [0.29, 0.717) is 26.1 Å². The molecule has 0 aliphatic carbocycles. The van der Waals surface area contributed by atoms with Gasteiger partial charge in [-0.05, 0) is 32.9 Å². The van der Waals surface area contributed by atoms with Gasteiger partial charge in [0.1, 0.15) is 0 Å². The van der Waals surface area contributed by atoms with Crippen LogP contribution in [0.3, 0.4) is 0 Å². The fraction of sp³-hybridized carbons (Fsp3) is 0.562. The van der Waals surface area contributed by atoms with Gasteiger partial charge in [0, 0.05) is 30.9 Å². The number of rotatable bonds is 7. The summed E-state index contributed by atoms with van der Waals surface area (Å²) >= 11 is 0. The highest BCUT2D eigenvalue weighted by atomic mass is 16.3. The van der Waals surface area contributed by atoms with Crippen molar-refractivity contribution in [3.05, 3.63) is 30.3 Å². The van der Waals surface area contributed by atoms with Crippen molar-refractivity contribution >= 4 is 5.69 Å². The lowest BCUT2D eigenvalue weighted by molar-refractivity contribution is 0.165. The van der Waals surface area contributed by atoms with E-state index in [1.807, 2.05) is 30.3 Å². The van der Waals surface area contributed by atoms with Gasteiger partial charge >= 0.3 is 0 Å². The number of aliphatic hydroxyl groups is 1. The smallest absolute Gasteiger partial charge is 0.0839 e. The standard InChI is InChI=1S/C16H25N3O/c1-16(2,3)18-12-15(20)13-19(11-7-10-17)14-8-5-4-6-9-14/h4-6,8-9,15,18,20H,7,11-13H2,1-3H3. The highest BCUT2D eigenvalue weighted by Crippen LogP contribution is 2.14. The first-order valence-electron chi connectivity index (χ1n) is 7.02. The molecule has 1 unspecified atom stereocenters. The van der Waals surface area contributed by atoms with E-state index in [1.54, 1.807) is 0 Å². The van der Waals surface area contributed by atoms with Crippen LogP contribution in [0.2, 0.25) is 0 Å². The molecule has 0 amide bonds. The zero-order valence-electron chi connectivity index (χ0n) is 12.6. The molecular formula is C16H25N3O. The molecule has 1 atom stereocenters. The Balaban J connectivity index is 2.59. The van der Waals surface area contributed by atoms with Gasteiger partial charge in [-0.3, -0.25) is 0 Å². The highest BCUT2D eigenvalue weighted by molar-refractivity contribution is 5.46. The van der Waals surface area contributed by atoms with Crippen LogP contribution in [0.15, 0.2) is 30.3 Å². The molecule has 2 N–H and O–H groups in total. The van der Waals surface area contributed by atoms with Crippen LogP contribution in [0.4, 0.5) is 5.69 Å². The van der Waals surface area contributed by atoms with Gasteiger partial charge in [0.2, 0.25) is 0 Å². The average Bonchev–Trinajstić information content (AvgIpc) is 2.41. The zero-order valence-corrected chi connectivity index (χ0v) is 12.6. The molecule has 0 fully saturated rings. The monoisotopic (exact) mass is 275 g/mol. The quantitative estimate of drug-likeness (QED) is 0.800. The molecule has 1 aromatic carbocycles. The zero-order chi connectivity index (χ0) is 15.0. The van der Waals surface area contributed by atoms with Crippen molar-refractivity contribution in [2.24, 2.45) is 0 Å². The molecule has 0 spiro atoms. The van der Waals surface area contributed by atoms with Crippen molar-refractivity contribution in [3.8, 4) is 6.07 Å². The minimum atomic E-state index is -0.465. The number of hydrogen-bond acceptors (Lipinski definition) is 4. The summed E-state index contributed by atoms with van der Waals surface area (Å²) in [6, 6.07) is 12.1. The van der Waals surface area contributed by atoms with Gasteiger partial charge < -0.3 is 15.3 Å². The first-order chi connectivity index (χ1) is 9.42. The molecule has 0 radical (unpaired) electrons. The lowest BCUT2D eigenvalue weighted by Crippen LogP contribution is -2.45. The molecule has 1 aromatic rings. The number of aliphatic hydroxyl groups excluding tert-OH is 1. The van der Waals surface area contributed by atoms with E-state index in [2.05, 4.69) is 37.1 Å². The summed E-state index contributed by atoms with van der Waals surface area (Å²) in [5.41, 5.74) is 1.03. The number of hydrogen-bond donors (Lipinski definition) is 2. The van der Waals surface area contributed by atoms with E-state index in [0.717, 1.165) is 5.69 Å². The Bertz CT molecular complexity index is 420. The Labute approximate surface area is 122 Å². The van der Waals surface area contributed by atoms with Crippen molar-refractivity contribution in [2.45, 2.75) is 38.8 Å².